The van der Waals surface area contributed by atoms with Crippen LogP contribution >= 0.6 is 11.3 Å². The van der Waals surface area contributed by atoms with Gasteiger partial charge in [0.2, 0.25) is 0 Å². The van der Waals surface area contributed by atoms with E-state index in [1.54, 1.807) is 11.3 Å². The molecule has 0 aliphatic rings. The molecule has 1 aromatic rings. The molecule has 0 amide bonds. The molecule has 0 aliphatic carbocycles. The molecule has 1 rings (SSSR count). The van der Waals surface area contributed by atoms with Crippen molar-refractivity contribution < 1.29 is 5.21 Å². The second-order valence-electron chi connectivity index (χ2n) is 1.41. The lowest BCUT2D eigenvalue weighted by Crippen LogP contribution is -2.03. The molecule has 2 N–H and O–H groups in total. The molecule has 0 spiro atoms. The van der Waals surface area contributed by atoms with Gasteiger partial charge < -0.3 is 5.21 Å². The third kappa shape index (κ3) is 1.30. The number of thiophene rings is 1. The first-order valence-corrected chi connectivity index (χ1v) is 3.21. The summed E-state index contributed by atoms with van der Waals surface area (Å²) >= 11 is 1.62. The molecule has 0 fully saturated rings. The molecule has 2 nitrogen and oxygen atoms in total. The lowest BCUT2D eigenvalue weighted by molar-refractivity contribution is 0.162. The largest absolute Gasteiger partial charge is 0.316 e. The maximum Gasteiger partial charge on any atom is 0.0552 e. The van der Waals surface area contributed by atoms with E-state index in [0.717, 1.165) is 4.88 Å². The van der Waals surface area contributed by atoms with Crippen molar-refractivity contribution in [3.8, 4) is 0 Å². The Morgan fingerprint density at radius 1 is 1.75 bits per heavy atom. The van der Waals surface area contributed by atoms with E-state index in [4.69, 9.17) is 5.21 Å². The van der Waals surface area contributed by atoms with Crippen LogP contribution < -0.4 is 5.48 Å². The zero-order valence-corrected chi connectivity index (χ0v) is 5.11. The SMILES string of the molecule is ONCc1cccs1. The summed E-state index contributed by atoms with van der Waals surface area (Å²) < 4.78 is 0. The van der Waals surface area contributed by atoms with Crippen molar-refractivity contribution >= 4 is 11.3 Å². The molecule has 3 heteroatoms. The minimum absolute atomic E-state index is 0.553. The molecule has 0 aromatic carbocycles. The highest BCUT2D eigenvalue weighted by Crippen LogP contribution is 2.06. The van der Waals surface area contributed by atoms with Gasteiger partial charge in [0.05, 0.1) is 6.54 Å². The molecule has 0 atom stereocenters. The Labute approximate surface area is 51.7 Å². The van der Waals surface area contributed by atoms with Crippen LogP contribution in [0.3, 0.4) is 0 Å². The van der Waals surface area contributed by atoms with Crippen molar-refractivity contribution in [2.24, 2.45) is 0 Å². The fourth-order valence-electron chi connectivity index (χ4n) is 0.491. The second-order valence-corrected chi connectivity index (χ2v) is 2.45. The molecule has 1 heterocycles. The van der Waals surface area contributed by atoms with Gasteiger partial charge in [-0.15, -0.1) is 11.3 Å². The fourth-order valence-corrected chi connectivity index (χ4v) is 1.13. The lowest BCUT2D eigenvalue weighted by Gasteiger charge is -1.88. The number of nitrogens with one attached hydrogen (secondary N) is 1. The molecule has 0 unspecified atom stereocenters. The average molecular weight is 129 g/mol. The Hall–Kier alpha value is -0.380. The molecular weight excluding hydrogens is 122 g/mol. The number of rotatable bonds is 2. The molecule has 0 aliphatic heterocycles. The molecule has 0 saturated heterocycles. The molecule has 0 radical (unpaired) electrons. The fraction of sp³-hybridized carbons (Fsp3) is 0.200. The molecule has 0 saturated carbocycles. The van der Waals surface area contributed by atoms with Crippen LogP contribution in [0.1, 0.15) is 4.88 Å². The van der Waals surface area contributed by atoms with Crippen LogP contribution in [0.5, 0.6) is 0 Å². The maximum absolute atomic E-state index is 8.19. The van der Waals surface area contributed by atoms with Crippen molar-refractivity contribution in [2.45, 2.75) is 6.54 Å². The van der Waals surface area contributed by atoms with Crippen LogP contribution in [0.25, 0.3) is 0 Å². The number of hydrogen-bond acceptors (Lipinski definition) is 3. The second kappa shape index (κ2) is 2.81. The number of hydroxylamine groups is 1. The van der Waals surface area contributed by atoms with E-state index in [0.29, 0.717) is 6.54 Å². The van der Waals surface area contributed by atoms with Gasteiger partial charge >= 0.3 is 0 Å². The Morgan fingerprint density at radius 2 is 2.62 bits per heavy atom. The summed E-state index contributed by atoms with van der Waals surface area (Å²) in [5.74, 6) is 0. The quantitative estimate of drug-likeness (QED) is 0.588. The first-order chi connectivity index (χ1) is 3.93. The molecular formula is C5H7NOS. The summed E-state index contributed by atoms with van der Waals surface area (Å²) in [6, 6.07) is 3.92. The summed E-state index contributed by atoms with van der Waals surface area (Å²) in [6.07, 6.45) is 0. The van der Waals surface area contributed by atoms with Crippen molar-refractivity contribution in [1.29, 1.82) is 0 Å². The van der Waals surface area contributed by atoms with Crippen LogP contribution in [0.15, 0.2) is 17.5 Å². The van der Waals surface area contributed by atoms with Crippen molar-refractivity contribution in [1.82, 2.24) is 5.48 Å². The molecule has 44 valence electrons. The normalized spacial score (nSPS) is 9.62. The standard InChI is InChI=1S/C5H7NOS/c7-6-4-5-2-1-3-8-5/h1-3,6-7H,4H2. The summed E-state index contributed by atoms with van der Waals surface area (Å²) in [5.41, 5.74) is 2.08. The lowest BCUT2D eigenvalue weighted by atomic mass is 10.5. The van der Waals surface area contributed by atoms with Gasteiger partial charge in [-0.2, -0.15) is 0 Å². The minimum atomic E-state index is 0.553. The maximum atomic E-state index is 8.19. The van der Waals surface area contributed by atoms with E-state index in [2.05, 4.69) is 5.48 Å². The first-order valence-electron chi connectivity index (χ1n) is 2.33. The average Bonchev–Trinajstić information content (AvgIpc) is 2.19. The van der Waals surface area contributed by atoms with E-state index in [-0.39, 0.29) is 0 Å². The van der Waals surface area contributed by atoms with Gasteiger partial charge in [0, 0.05) is 4.88 Å². The first kappa shape index (κ1) is 5.75. The summed E-state index contributed by atoms with van der Waals surface area (Å²) in [4.78, 5) is 1.15. The Balaban J connectivity index is 2.50. The molecule has 8 heavy (non-hydrogen) atoms. The van der Waals surface area contributed by atoms with Crippen molar-refractivity contribution in [3.63, 3.8) is 0 Å². The van der Waals surface area contributed by atoms with E-state index < -0.39 is 0 Å². The van der Waals surface area contributed by atoms with Crippen molar-refractivity contribution in [2.75, 3.05) is 0 Å². The monoisotopic (exact) mass is 129 g/mol. The van der Waals surface area contributed by atoms with Gasteiger partial charge in [-0.25, -0.2) is 5.48 Å². The zero-order valence-electron chi connectivity index (χ0n) is 4.29. The highest BCUT2D eigenvalue weighted by molar-refractivity contribution is 7.09. The predicted molar refractivity (Wildman–Crippen MR) is 32.9 cm³/mol. The molecule has 0 bridgehead atoms. The zero-order chi connectivity index (χ0) is 5.82. The third-order valence-electron chi connectivity index (χ3n) is 0.833. The Morgan fingerprint density at radius 3 is 3.12 bits per heavy atom. The Bertz CT molecular complexity index is 138. The van der Waals surface area contributed by atoms with Crippen LogP contribution in [-0.2, 0) is 6.54 Å². The highest BCUT2D eigenvalue weighted by Gasteiger charge is 1.87. The molecule has 1 aromatic heterocycles. The van der Waals surface area contributed by atoms with Gasteiger partial charge in [-0.1, -0.05) is 6.07 Å². The smallest absolute Gasteiger partial charge is 0.0552 e. The van der Waals surface area contributed by atoms with E-state index in [9.17, 15) is 0 Å². The van der Waals surface area contributed by atoms with Gasteiger partial charge in [-0.3, -0.25) is 0 Å². The van der Waals surface area contributed by atoms with Crippen LogP contribution in [0.4, 0.5) is 0 Å². The van der Waals surface area contributed by atoms with Crippen LogP contribution in [-0.4, -0.2) is 5.21 Å². The number of hydrogen-bond donors (Lipinski definition) is 2. The topological polar surface area (TPSA) is 32.3 Å². The van der Waals surface area contributed by atoms with Crippen LogP contribution in [0.2, 0.25) is 0 Å². The summed E-state index contributed by atoms with van der Waals surface area (Å²) in [7, 11) is 0. The minimum Gasteiger partial charge on any atom is -0.316 e. The van der Waals surface area contributed by atoms with E-state index in [1.165, 1.54) is 0 Å². The third-order valence-corrected chi connectivity index (χ3v) is 1.71. The van der Waals surface area contributed by atoms with Gasteiger partial charge in [0.25, 0.3) is 0 Å². The van der Waals surface area contributed by atoms with Crippen LogP contribution in [0, 0.1) is 0 Å². The van der Waals surface area contributed by atoms with Crippen molar-refractivity contribution in [3.05, 3.63) is 22.4 Å². The summed E-state index contributed by atoms with van der Waals surface area (Å²) in [6.45, 7) is 0.553. The van der Waals surface area contributed by atoms with Gasteiger partial charge in [-0.05, 0) is 11.4 Å². The van der Waals surface area contributed by atoms with E-state index >= 15 is 0 Å². The van der Waals surface area contributed by atoms with Gasteiger partial charge in [0.1, 0.15) is 0 Å². The summed E-state index contributed by atoms with van der Waals surface area (Å²) in [5, 5.41) is 10.2. The predicted octanol–water partition coefficient (Wildman–Crippen LogP) is 1.23. The Kier molecular flexibility index (Phi) is 2.02. The highest BCUT2D eigenvalue weighted by atomic mass is 32.1. The van der Waals surface area contributed by atoms with E-state index in [1.807, 2.05) is 17.5 Å². The van der Waals surface area contributed by atoms with Gasteiger partial charge in [0.15, 0.2) is 0 Å².